The second-order valence-electron chi connectivity index (χ2n) is 7.19. The summed E-state index contributed by atoms with van der Waals surface area (Å²) in [6.45, 7) is 2.00. The van der Waals surface area contributed by atoms with Crippen LogP contribution in [0.4, 0.5) is 10.7 Å². The predicted octanol–water partition coefficient (Wildman–Crippen LogP) is 2.86. The summed E-state index contributed by atoms with van der Waals surface area (Å²) in [4.78, 5) is 37.3. The van der Waals surface area contributed by atoms with Gasteiger partial charge in [0.1, 0.15) is 16.8 Å². The van der Waals surface area contributed by atoms with Crippen LogP contribution in [0.1, 0.15) is 48.0 Å². The quantitative estimate of drug-likeness (QED) is 0.661. The van der Waals surface area contributed by atoms with Crippen molar-refractivity contribution in [1.82, 2.24) is 0 Å². The molecule has 2 aromatic rings. The molecule has 4 rings (SSSR count). The Morgan fingerprint density at radius 1 is 1.27 bits per heavy atom. The summed E-state index contributed by atoms with van der Waals surface area (Å²) in [6, 6.07) is 8.32. The maximum Gasteiger partial charge on any atom is 0.341 e. The van der Waals surface area contributed by atoms with Crippen LogP contribution in [0, 0.1) is 0 Å². The van der Waals surface area contributed by atoms with E-state index in [1.807, 2.05) is 23.6 Å². The molecule has 1 fully saturated rings. The number of nitrogens with two attached hydrogens (primary N) is 1. The lowest BCUT2D eigenvalue weighted by Crippen LogP contribution is -2.39. The monoisotopic (exact) mass is 426 g/mol. The Morgan fingerprint density at radius 3 is 2.63 bits per heavy atom. The van der Waals surface area contributed by atoms with Crippen molar-refractivity contribution in [3.05, 3.63) is 46.8 Å². The Bertz CT molecular complexity index is 1010. The highest BCUT2D eigenvalue weighted by Crippen LogP contribution is 2.46. The number of hydrogen-bond donors (Lipinski definition) is 2. The third-order valence-corrected chi connectivity index (χ3v) is 5.98. The van der Waals surface area contributed by atoms with Crippen LogP contribution in [-0.4, -0.2) is 36.1 Å². The molecule has 2 heterocycles. The Kier molecular flexibility index (Phi) is 5.54. The fourth-order valence-corrected chi connectivity index (χ4v) is 4.46. The van der Waals surface area contributed by atoms with Crippen molar-refractivity contribution in [3.8, 4) is 0 Å². The van der Waals surface area contributed by atoms with E-state index in [0.29, 0.717) is 22.2 Å². The number of anilines is 2. The molecule has 156 valence electrons. The third kappa shape index (κ3) is 3.93. The zero-order valence-electron chi connectivity index (χ0n) is 16.5. The Hall–Kier alpha value is -3.20. The molecule has 3 N–H and O–H groups in total. The zero-order chi connectivity index (χ0) is 21.3. The standard InChI is InChI=1S/C21H22N4O4S/c1-2-29-21(28)17-14(12-8-9-12)11-30-20(17)23-19(27)15-10-16(18(22)26)25(24-15)13-6-4-3-5-7-13/h3-7,11-12,16H,2,8-10H2,1H3,(H2,22,26)(H,23,27). The van der Waals surface area contributed by atoms with Gasteiger partial charge in [-0.1, -0.05) is 18.2 Å². The summed E-state index contributed by atoms with van der Waals surface area (Å²) in [5, 5.41) is 11.0. The van der Waals surface area contributed by atoms with E-state index in [-0.39, 0.29) is 18.7 Å². The van der Waals surface area contributed by atoms with Gasteiger partial charge >= 0.3 is 5.97 Å². The summed E-state index contributed by atoms with van der Waals surface area (Å²) in [7, 11) is 0. The first-order valence-corrected chi connectivity index (χ1v) is 10.7. The molecule has 30 heavy (non-hydrogen) atoms. The van der Waals surface area contributed by atoms with Crippen molar-refractivity contribution in [2.24, 2.45) is 10.8 Å². The Labute approximate surface area is 177 Å². The number of carbonyl (C=O) groups excluding carboxylic acids is 3. The number of rotatable bonds is 7. The van der Waals surface area contributed by atoms with Crippen molar-refractivity contribution < 1.29 is 19.1 Å². The average molecular weight is 426 g/mol. The SMILES string of the molecule is CCOC(=O)c1c(C2CC2)csc1NC(=O)C1=NN(c2ccccc2)C(C(N)=O)C1. The number of primary amides is 1. The van der Waals surface area contributed by atoms with Crippen LogP contribution in [0.3, 0.4) is 0 Å². The smallest absolute Gasteiger partial charge is 0.341 e. The highest BCUT2D eigenvalue weighted by atomic mass is 32.1. The number of amides is 2. The van der Waals surface area contributed by atoms with Gasteiger partial charge in [0.15, 0.2) is 0 Å². The van der Waals surface area contributed by atoms with Gasteiger partial charge in [0, 0.05) is 6.42 Å². The lowest BCUT2D eigenvalue weighted by atomic mass is 10.1. The van der Waals surface area contributed by atoms with Crippen LogP contribution in [0.2, 0.25) is 0 Å². The van der Waals surface area contributed by atoms with Gasteiger partial charge in [0.05, 0.1) is 17.9 Å². The second kappa shape index (κ2) is 8.27. The topological polar surface area (TPSA) is 114 Å². The second-order valence-corrected chi connectivity index (χ2v) is 8.07. The third-order valence-electron chi connectivity index (χ3n) is 5.06. The van der Waals surface area contributed by atoms with E-state index in [9.17, 15) is 14.4 Å². The number of thiophene rings is 1. The number of carbonyl (C=O) groups is 3. The van der Waals surface area contributed by atoms with Gasteiger partial charge in [-0.2, -0.15) is 5.10 Å². The summed E-state index contributed by atoms with van der Waals surface area (Å²) < 4.78 is 5.19. The van der Waals surface area contributed by atoms with Gasteiger partial charge in [-0.3, -0.25) is 14.6 Å². The van der Waals surface area contributed by atoms with Crippen LogP contribution in [0.5, 0.6) is 0 Å². The number of benzene rings is 1. The van der Waals surface area contributed by atoms with Crippen molar-refractivity contribution in [3.63, 3.8) is 0 Å². The fraction of sp³-hybridized carbons (Fsp3) is 0.333. The molecule has 0 bridgehead atoms. The Morgan fingerprint density at radius 2 is 2.00 bits per heavy atom. The first kappa shape index (κ1) is 20.1. The van der Waals surface area contributed by atoms with Crippen molar-refractivity contribution in [1.29, 1.82) is 0 Å². The van der Waals surface area contributed by atoms with E-state index >= 15 is 0 Å². The maximum absolute atomic E-state index is 12.9. The normalized spacial score (nSPS) is 18.1. The van der Waals surface area contributed by atoms with Crippen LogP contribution >= 0.6 is 11.3 Å². The van der Waals surface area contributed by atoms with Crippen LogP contribution in [-0.2, 0) is 14.3 Å². The summed E-state index contributed by atoms with van der Waals surface area (Å²) in [5.74, 6) is -1.13. The molecule has 8 nitrogen and oxygen atoms in total. The first-order chi connectivity index (χ1) is 14.5. The minimum absolute atomic E-state index is 0.0889. The largest absolute Gasteiger partial charge is 0.462 e. The minimum atomic E-state index is -0.747. The maximum atomic E-state index is 12.9. The van der Waals surface area contributed by atoms with E-state index in [2.05, 4.69) is 10.4 Å². The van der Waals surface area contributed by atoms with E-state index in [4.69, 9.17) is 10.5 Å². The van der Waals surface area contributed by atoms with E-state index in [0.717, 1.165) is 18.4 Å². The number of para-hydroxylation sites is 1. The molecule has 2 amide bonds. The lowest BCUT2D eigenvalue weighted by molar-refractivity contribution is -0.119. The molecule has 1 aromatic carbocycles. The highest BCUT2D eigenvalue weighted by molar-refractivity contribution is 7.15. The average Bonchev–Trinajstić information content (AvgIpc) is 3.33. The number of ether oxygens (including phenoxy) is 1. The molecule has 1 aliphatic heterocycles. The van der Waals surface area contributed by atoms with Gasteiger partial charge in [0.25, 0.3) is 5.91 Å². The molecule has 1 aliphatic carbocycles. The fourth-order valence-electron chi connectivity index (χ4n) is 3.43. The molecule has 0 saturated heterocycles. The predicted molar refractivity (Wildman–Crippen MR) is 115 cm³/mol. The molecule has 0 spiro atoms. The summed E-state index contributed by atoms with van der Waals surface area (Å²) in [5.41, 5.74) is 7.72. The van der Waals surface area contributed by atoms with E-state index < -0.39 is 23.8 Å². The van der Waals surface area contributed by atoms with E-state index in [1.54, 1.807) is 19.1 Å². The van der Waals surface area contributed by atoms with Gasteiger partial charge in [-0.15, -0.1) is 11.3 Å². The molecular formula is C21H22N4O4S. The number of nitrogens with one attached hydrogen (secondary N) is 1. The number of hydrogen-bond acceptors (Lipinski definition) is 7. The van der Waals surface area contributed by atoms with Crippen LogP contribution in [0.25, 0.3) is 0 Å². The Balaban J connectivity index is 1.58. The minimum Gasteiger partial charge on any atom is -0.462 e. The summed E-state index contributed by atoms with van der Waals surface area (Å²) >= 11 is 1.30. The molecule has 0 radical (unpaired) electrons. The zero-order valence-corrected chi connectivity index (χ0v) is 17.3. The molecule has 1 atom stereocenters. The first-order valence-electron chi connectivity index (χ1n) is 9.80. The number of hydrazone groups is 1. The summed E-state index contributed by atoms with van der Waals surface area (Å²) in [6.07, 6.45) is 2.14. The number of nitrogens with zero attached hydrogens (tertiary/aromatic N) is 2. The van der Waals surface area contributed by atoms with Crippen molar-refractivity contribution in [2.45, 2.75) is 38.1 Å². The highest BCUT2D eigenvalue weighted by Gasteiger charge is 2.36. The van der Waals surface area contributed by atoms with Gasteiger partial charge < -0.3 is 15.8 Å². The van der Waals surface area contributed by atoms with Crippen molar-refractivity contribution >= 4 is 45.5 Å². The van der Waals surface area contributed by atoms with Gasteiger partial charge in [-0.05, 0) is 48.8 Å². The molecule has 1 saturated carbocycles. The number of esters is 1. The van der Waals surface area contributed by atoms with Gasteiger partial charge in [-0.25, -0.2) is 4.79 Å². The van der Waals surface area contributed by atoms with E-state index in [1.165, 1.54) is 16.3 Å². The molecule has 9 heteroatoms. The lowest BCUT2D eigenvalue weighted by Gasteiger charge is -2.20. The molecule has 1 unspecified atom stereocenters. The molecular weight excluding hydrogens is 404 g/mol. The molecule has 2 aliphatic rings. The van der Waals surface area contributed by atoms with Crippen LogP contribution in [0.15, 0.2) is 40.8 Å². The van der Waals surface area contributed by atoms with Gasteiger partial charge in [0.2, 0.25) is 5.91 Å². The van der Waals surface area contributed by atoms with Crippen molar-refractivity contribution in [2.75, 3.05) is 16.9 Å². The van der Waals surface area contributed by atoms with Crippen LogP contribution < -0.4 is 16.1 Å². The molecule has 1 aromatic heterocycles.